The van der Waals surface area contributed by atoms with Crippen molar-refractivity contribution in [3.05, 3.63) is 82.9 Å². The first kappa shape index (κ1) is 21.5. The molecule has 0 spiro atoms. The summed E-state index contributed by atoms with van der Waals surface area (Å²) in [5.74, 6) is -0.336. The Hall–Kier alpha value is -3.76. The molecule has 9 nitrogen and oxygen atoms in total. The predicted octanol–water partition coefficient (Wildman–Crippen LogP) is 2.94. The maximum atomic E-state index is 12.7. The summed E-state index contributed by atoms with van der Waals surface area (Å²) in [5, 5.41) is 0.233. The summed E-state index contributed by atoms with van der Waals surface area (Å²) in [6, 6.07) is 16.3. The number of nitrogens with one attached hydrogen (secondary N) is 3. The normalized spacial score (nSPS) is 12.2. The van der Waals surface area contributed by atoms with Crippen molar-refractivity contribution in [1.29, 1.82) is 0 Å². The van der Waals surface area contributed by atoms with E-state index in [0.717, 1.165) is 0 Å². The number of ether oxygens (including phenoxy) is 2. The van der Waals surface area contributed by atoms with E-state index in [1.54, 1.807) is 24.3 Å². The standard InChI is InChI=1S/C21H16ClN3O6S/c22-16-6-1-2-7-17(16)25-32(28,29)15-5-3-4-13(10-15)20(26)23-24-21(27)14-8-9-18-19(11-14)31-12-30-18/h1-11,25H,12H2,(H,23,26)(H,24,27). The van der Waals surface area contributed by atoms with E-state index in [1.807, 2.05) is 0 Å². The van der Waals surface area contributed by atoms with Crippen LogP contribution in [0.15, 0.2) is 71.6 Å². The van der Waals surface area contributed by atoms with Gasteiger partial charge in [-0.2, -0.15) is 0 Å². The molecule has 0 bridgehead atoms. The molecule has 0 saturated carbocycles. The van der Waals surface area contributed by atoms with Gasteiger partial charge in [0.05, 0.1) is 15.6 Å². The van der Waals surface area contributed by atoms with Gasteiger partial charge >= 0.3 is 0 Å². The molecule has 0 saturated heterocycles. The lowest BCUT2D eigenvalue weighted by molar-refractivity contribution is 0.0846. The van der Waals surface area contributed by atoms with Gasteiger partial charge in [0, 0.05) is 11.1 Å². The number of para-hydroxylation sites is 1. The van der Waals surface area contributed by atoms with E-state index in [4.69, 9.17) is 21.1 Å². The number of rotatable bonds is 5. The molecule has 4 rings (SSSR count). The molecule has 3 aromatic rings. The number of sulfonamides is 1. The van der Waals surface area contributed by atoms with E-state index in [9.17, 15) is 18.0 Å². The van der Waals surface area contributed by atoms with Crippen LogP contribution in [0.5, 0.6) is 11.5 Å². The number of amides is 2. The Bertz CT molecular complexity index is 1310. The van der Waals surface area contributed by atoms with Crippen molar-refractivity contribution in [2.75, 3.05) is 11.5 Å². The molecular formula is C21H16ClN3O6S. The fraction of sp³-hybridized carbons (Fsp3) is 0.0476. The summed E-state index contributed by atoms with van der Waals surface area (Å²) in [6.45, 7) is 0.0712. The number of carbonyl (C=O) groups excluding carboxylic acids is 2. The first-order valence-corrected chi connectivity index (χ1v) is 11.1. The highest BCUT2D eigenvalue weighted by Gasteiger charge is 2.19. The lowest BCUT2D eigenvalue weighted by Gasteiger charge is -2.11. The van der Waals surface area contributed by atoms with Gasteiger partial charge < -0.3 is 9.47 Å². The molecule has 0 fully saturated rings. The number of anilines is 1. The van der Waals surface area contributed by atoms with Gasteiger partial charge in [-0.1, -0.05) is 29.8 Å². The van der Waals surface area contributed by atoms with Crippen molar-refractivity contribution in [1.82, 2.24) is 10.9 Å². The second kappa shape index (κ2) is 8.77. The Morgan fingerprint density at radius 1 is 0.812 bits per heavy atom. The zero-order valence-corrected chi connectivity index (χ0v) is 17.9. The van der Waals surface area contributed by atoms with Crippen LogP contribution in [0.1, 0.15) is 20.7 Å². The topological polar surface area (TPSA) is 123 Å². The quantitative estimate of drug-likeness (QED) is 0.490. The summed E-state index contributed by atoms with van der Waals surface area (Å²) in [7, 11) is -4.00. The van der Waals surface area contributed by atoms with Crippen LogP contribution in [0.25, 0.3) is 0 Å². The van der Waals surface area contributed by atoms with Crippen LogP contribution in [-0.2, 0) is 10.0 Å². The molecule has 164 valence electrons. The first-order chi connectivity index (χ1) is 15.3. The minimum absolute atomic E-state index is 0.0259. The Morgan fingerprint density at radius 2 is 1.50 bits per heavy atom. The molecule has 0 atom stereocenters. The smallest absolute Gasteiger partial charge is 0.269 e. The molecule has 3 aromatic carbocycles. The van der Waals surface area contributed by atoms with Crippen LogP contribution in [-0.4, -0.2) is 27.0 Å². The van der Waals surface area contributed by atoms with Crippen LogP contribution >= 0.6 is 11.6 Å². The lowest BCUT2D eigenvalue weighted by atomic mass is 10.2. The van der Waals surface area contributed by atoms with Crippen molar-refractivity contribution in [2.24, 2.45) is 0 Å². The number of hydrogen-bond donors (Lipinski definition) is 3. The average molecular weight is 474 g/mol. The summed E-state index contributed by atoms with van der Waals surface area (Å²) in [5.41, 5.74) is 5.01. The maximum absolute atomic E-state index is 12.7. The highest BCUT2D eigenvalue weighted by Crippen LogP contribution is 2.32. The molecule has 11 heteroatoms. The Balaban J connectivity index is 1.44. The molecule has 2 amide bonds. The number of halogens is 1. The zero-order chi connectivity index (χ0) is 22.7. The van der Waals surface area contributed by atoms with Crippen molar-refractivity contribution >= 4 is 39.1 Å². The van der Waals surface area contributed by atoms with E-state index in [2.05, 4.69) is 15.6 Å². The van der Waals surface area contributed by atoms with Gasteiger partial charge in [0.1, 0.15) is 0 Å². The minimum atomic E-state index is -4.00. The van der Waals surface area contributed by atoms with Gasteiger partial charge in [-0.3, -0.25) is 25.2 Å². The highest BCUT2D eigenvalue weighted by molar-refractivity contribution is 7.92. The van der Waals surface area contributed by atoms with Crippen molar-refractivity contribution in [3.63, 3.8) is 0 Å². The van der Waals surface area contributed by atoms with Gasteiger partial charge in [-0.05, 0) is 48.5 Å². The Labute approximate surface area is 188 Å². The number of fused-ring (bicyclic) bond motifs is 1. The van der Waals surface area contributed by atoms with Crippen molar-refractivity contribution in [3.8, 4) is 11.5 Å². The number of benzene rings is 3. The molecule has 1 heterocycles. The Morgan fingerprint density at radius 3 is 2.25 bits per heavy atom. The second-order valence-corrected chi connectivity index (χ2v) is 8.68. The van der Waals surface area contributed by atoms with Gasteiger partial charge in [-0.15, -0.1) is 0 Å². The van der Waals surface area contributed by atoms with E-state index in [1.165, 1.54) is 42.5 Å². The van der Waals surface area contributed by atoms with Gasteiger partial charge in [0.15, 0.2) is 11.5 Å². The van der Waals surface area contributed by atoms with Crippen molar-refractivity contribution in [2.45, 2.75) is 4.90 Å². The number of hydrazine groups is 1. The van der Waals surface area contributed by atoms with E-state index >= 15 is 0 Å². The fourth-order valence-electron chi connectivity index (χ4n) is 2.85. The summed E-state index contributed by atoms with van der Waals surface area (Å²) in [6.07, 6.45) is 0. The van der Waals surface area contributed by atoms with E-state index in [0.29, 0.717) is 11.5 Å². The molecule has 0 aromatic heterocycles. The van der Waals surface area contributed by atoms with Crippen LogP contribution in [0.4, 0.5) is 5.69 Å². The SMILES string of the molecule is O=C(NNC(=O)c1ccc2c(c1)OCO2)c1cccc(S(=O)(=O)Nc2ccccc2Cl)c1. The third-order valence-electron chi connectivity index (χ3n) is 4.45. The molecule has 0 unspecified atom stereocenters. The molecule has 3 N–H and O–H groups in total. The number of carbonyl (C=O) groups is 2. The third-order valence-corrected chi connectivity index (χ3v) is 6.14. The second-order valence-electron chi connectivity index (χ2n) is 6.59. The molecular weight excluding hydrogens is 458 g/mol. The maximum Gasteiger partial charge on any atom is 0.269 e. The lowest BCUT2D eigenvalue weighted by Crippen LogP contribution is -2.41. The summed E-state index contributed by atoms with van der Waals surface area (Å²) < 4.78 is 38.1. The third kappa shape index (κ3) is 4.61. The highest BCUT2D eigenvalue weighted by atomic mass is 35.5. The number of hydrogen-bond acceptors (Lipinski definition) is 6. The van der Waals surface area contributed by atoms with Gasteiger partial charge in [0.2, 0.25) is 6.79 Å². The Kier molecular flexibility index (Phi) is 5.89. The average Bonchev–Trinajstić information content (AvgIpc) is 3.26. The summed E-state index contributed by atoms with van der Waals surface area (Å²) >= 11 is 6.01. The fourth-order valence-corrected chi connectivity index (χ4v) is 4.21. The zero-order valence-electron chi connectivity index (χ0n) is 16.3. The predicted molar refractivity (Wildman–Crippen MR) is 116 cm³/mol. The molecule has 0 radical (unpaired) electrons. The molecule has 1 aliphatic heterocycles. The largest absolute Gasteiger partial charge is 0.454 e. The first-order valence-electron chi connectivity index (χ1n) is 9.21. The minimum Gasteiger partial charge on any atom is -0.454 e. The van der Waals surface area contributed by atoms with Crippen molar-refractivity contribution < 1.29 is 27.5 Å². The van der Waals surface area contributed by atoms with Crippen LogP contribution in [0.3, 0.4) is 0 Å². The molecule has 1 aliphatic rings. The van der Waals surface area contributed by atoms with E-state index in [-0.39, 0.29) is 33.5 Å². The molecule has 32 heavy (non-hydrogen) atoms. The van der Waals surface area contributed by atoms with Crippen LogP contribution in [0.2, 0.25) is 5.02 Å². The van der Waals surface area contributed by atoms with Crippen LogP contribution < -0.4 is 25.0 Å². The molecule has 0 aliphatic carbocycles. The van der Waals surface area contributed by atoms with Gasteiger partial charge in [0.25, 0.3) is 21.8 Å². The monoisotopic (exact) mass is 473 g/mol. The summed E-state index contributed by atoms with van der Waals surface area (Å²) in [4.78, 5) is 24.6. The van der Waals surface area contributed by atoms with Crippen LogP contribution in [0, 0.1) is 0 Å². The van der Waals surface area contributed by atoms with E-state index < -0.39 is 21.8 Å². The van der Waals surface area contributed by atoms with Gasteiger partial charge in [-0.25, -0.2) is 8.42 Å².